The van der Waals surface area contributed by atoms with Crippen molar-refractivity contribution < 1.29 is 38.1 Å². The lowest BCUT2D eigenvalue weighted by Crippen LogP contribution is -2.44. The first-order valence-corrected chi connectivity index (χ1v) is 13.8. The van der Waals surface area contributed by atoms with E-state index in [2.05, 4.69) is 15.3 Å². The van der Waals surface area contributed by atoms with Gasteiger partial charge in [0.2, 0.25) is 5.91 Å². The number of fused-ring (bicyclic) bond motifs is 1. The highest BCUT2D eigenvalue weighted by atomic mass is 35.5. The number of carboxylic acids is 1. The van der Waals surface area contributed by atoms with E-state index in [0.29, 0.717) is 15.8 Å². The molecule has 0 fully saturated rings. The summed E-state index contributed by atoms with van der Waals surface area (Å²) in [7, 11) is 0. The zero-order valence-corrected chi connectivity index (χ0v) is 25.8. The van der Waals surface area contributed by atoms with Crippen LogP contribution in [0.25, 0.3) is 21.9 Å². The number of rotatable bonds is 7. The monoisotopic (exact) mass is 616 g/mol. The second kappa shape index (κ2) is 12.9. The lowest BCUT2D eigenvalue weighted by molar-refractivity contribution is -0.137. The molecule has 43 heavy (non-hydrogen) atoms. The van der Waals surface area contributed by atoms with E-state index in [9.17, 15) is 19.2 Å². The first-order chi connectivity index (χ1) is 19.9. The first-order valence-electron chi connectivity index (χ1n) is 13.4. The number of carbonyl (C=O) groups is 4. The van der Waals surface area contributed by atoms with Gasteiger partial charge in [0.1, 0.15) is 22.8 Å². The van der Waals surface area contributed by atoms with E-state index >= 15 is 4.39 Å². The molecule has 230 valence electrons. The molecule has 3 amide bonds. The number of carboxylic acid groups (broad SMARTS) is 1. The molecule has 0 aliphatic carbocycles. The van der Waals surface area contributed by atoms with Crippen LogP contribution in [0.4, 0.5) is 25.5 Å². The van der Waals surface area contributed by atoms with Crippen molar-refractivity contribution in [3.8, 4) is 11.1 Å². The molecular weight excluding hydrogens is 583 g/mol. The van der Waals surface area contributed by atoms with E-state index in [4.69, 9.17) is 26.2 Å². The van der Waals surface area contributed by atoms with Crippen LogP contribution in [0.2, 0.25) is 5.02 Å². The molecule has 0 unspecified atom stereocenters. The predicted molar refractivity (Wildman–Crippen MR) is 160 cm³/mol. The number of nitrogens with zero attached hydrogens (tertiary/aromatic N) is 3. The fourth-order valence-corrected chi connectivity index (χ4v) is 4.26. The minimum absolute atomic E-state index is 0.0145. The Morgan fingerprint density at radius 2 is 1.56 bits per heavy atom. The van der Waals surface area contributed by atoms with Gasteiger partial charge < -0.3 is 19.9 Å². The largest absolute Gasteiger partial charge is 0.481 e. The summed E-state index contributed by atoms with van der Waals surface area (Å²) in [6.07, 6.45) is 1.93. The number of hydrogen-bond acceptors (Lipinski definition) is 8. The van der Waals surface area contributed by atoms with Gasteiger partial charge in [-0.15, -0.1) is 0 Å². The SMILES string of the molecule is Cc1c(-c2cc3cc(NC(=O)CCCC(=O)O)ncc3c(Cl)c2F)cncc1N(C(=O)OC(C)(C)C)C(=O)OC(C)(C)C. The Morgan fingerprint density at radius 3 is 2.12 bits per heavy atom. The van der Waals surface area contributed by atoms with Crippen molar-refractivity contribution in [3.05, 3.63) is 47.1 Å². The normalized spacial score (nSPS) is 11.7. The van der Waals surface area contributed by atoms with Crippen molar-refractivity contribution >= 4 is 57.9 Å². The average Bonchev–Trinajstić information content (AvgIpc) is 2.85. The third kappa shape index (κ3) is 8.60. The zero-order valence-electron chi connectivity index (χ0n) is 25.0. The highest BCUT2D eigenvalue weighted by Crippen LogP contribution is 2.38. The zero-order chi connectivity index (χ0) is 32.3. The maximum Gasteiger partial charge on any atom is 0.424 e. The standard InChI is InChI=1S/C30H34ClFN4O7/c1-16-19(13-33-15-21(16)36(27(40)42-29(2,3)4)28(41)43-30(5,6)7)18-11-17-12-22(34-14-20(17)25(31)26(18)32)35-23(37)9-8-10-24(38)39/h11-15H,8-10H2,1-7H3,(H,38,39)(H,34,35,37). The second-order valence-corrected chi connectivity index (χ2v) is 12.1. The summed E-state index contributed by atoms with van der Waals surface area (Å²) in [5.41, 5.74) is -1.31. The molecule has 11 nitrogen and oxygen atoms in total. The summed E-state index contributed by atoms with van der Waals surface area (Å²) < 4.78 is 26.6. The summed E-state index contributed by atoms with van der Waals surface area (Å²) in [6, 6.07) is 2.98. The number of carbonyl (C=O) groups excluding carboxylic acids is 3. The van der Waals surface area contributed by atoms with Gasteiger partial charge in [-0.25, -0.2) is 19.0 Å². The lowest BCUT2D eigenvalue weighted by Gasteiger charge is -2.29. The van der Waals surface area contributed by atoms with Gasteiger partial charge in [0.25, 0.3) is 0 Å². The molecule has 0 saturated carbocycles. The van der Waals surface area contributed by atoms with Crippen LogP contribution in [0.15, 0.2) is 30.7 Å². The molecule has 0 spiro atoms. The third-order valence-corrected chi connectivity index (χ3v) is 6.20. The van der Waals surface area contributed by atoms with Gasteiger partial charge in [-0.1, -0.05) is 11.6 Å². The Hall–Kier alpha value is -4.32. The van der Waals surface area contributed by atoms with Crippen LogP contribution in [0.3, 0.4) is 0 Å². The van der Waals surface area contributed by atoms with E-state index < -0.39 is 41.1 Å². The number of halogens is 2. The highest BCUT2D eigenvalue weighted by molar-refractivity contribution is 6.36. The first kappa shape index (κ1) is 33.2. The summed E-state index contributed by atoms with van der Waals surface area (Å²) in [5.74, 6) is -2.07. The Morgan fingerprint density at radius 1 is 0.953 bits per heavy atom. The quantitative estimate of drug-likeness (QED) is 0.279. The fraction of sp³-hybridized carbons (Fsp3) is 0.400. The van der Waals surface area contributed by atoms with Crippen molar-refractivity contribution in [1.82, 2.24) is 9.97 Å². The van der Waals surface area contributed by atoms with Gasteiger partial charge in [-0.05, 0) is 78.0 Å². The van der Waals surface area contributed by atoms with Gasteiger partial charge in [-0.2, -0.15) is 4.90 Å². The van der Waals surface area contributed by atoms with Crippen molar-refractivity contribution in [2.24, 2.45) is 0 Å². The lowest BCUT2D eigenvalue weighted by atomic mass is 9.98. The number of hydrogen-bond donors (Lipinski definition) is 2. The molecule has 0 aliphatic heterocycles. The average molecular weight is 617 g/mol. The number of aromatic nitrogens is 2. The number of amides is 3. The van der Waals surface area contributed by atoms with Crippen molar-refractivity contribution in [1.29, 1.82) is 0 Å². The van der Waals surface area contributed by atoms with Crippen LogP contribution in [-0.2, 0) is 19.1 Å². The topological polar surface area (TPSA) is 148 Å². The molecule has 0 saturated heterocycles. The maximum atomic E-state index is 15.7. The molecule has 0 bridgehead atoms. The number of benzene rings is 1. The molecule has 1 aromatic carbocycles. The number of aliphatic carboxylic acids is 1. The van der Waals surface area contributed by atoms with Gasteiger partial charge in [0, 0.05) is 41.7 Å². The molecule has 3 rings (SSSR count). The number of ether oxygens (including phenoxy) is 2. The summed E-state index contributed by atoms with van der Waals surface area (Å²) in [4.78, 5) is 58.4. The summed E-state index contributed by atoms with van der Waals surface area (Å²) >= 11 is 6.40. The van der Waals surface area contributed by atoms with Crippen molar-refractivity contribution in [2.45, 2.75) is 78.9 Å². The second-order valence-electron chi connectivity index (χ2n) is 11.8. The fourth-order valence-electron chi connectivity index (χ4n) is 4.00. The van der Waals surface area contributed by atoms with Crippen molar-refractivity contribution in [3.63, 3.8) is 0 Å². The summed E-state index contributed by atoms with van der Waals surface area (Å²) in [5, 5.41) is 11.8. The van der Waals surface area contributed by atoms with Crippen LogP contribution in [0.1, 0.15) is 66.4 Å². The molecule has 2 N–H and O–H groups in total. The van der Waals surface area contributed by atoms with E-state index in [0.717, 1.165) is 0 Å². The molecule has 2 heterocycles. The Labute approximate surface area is 253 Å². The van der Waals surface area contributed by atoms with Gasteiger partial charge in [0.15, 0.2) is 0 Å². The molecule has 2 aromatic heterocycles. The number of anilines is 2. The van der Waals surface area contributed by atoms with Crippen LogP contribution in [0, 0.1) is 12.7 Å². The minimum atomic E-state index is -1.00. The highest BCUT2D eigenvalue weighted by Gasteiger charge is 2.34. The van der Waals surface area contributed by atoms with E-state index in [-0.39, 0.29) is 52.3 Å². The maximum absolute atomic E-state index is 15.7. The Bertz CT molecular complexity index is 1550. The number of imide groups is 1. The van der Waals surface area contributed by atoms with Crippen LogP contribution < -0.4 is 10.2 Å². The third-order valence-electron chi connectivity index (χ3n) is 5.84. The van der Waals surface area contributed by atoms with E-state index in [1.807, 2.05) is 0 Å². The molecule has 0 atom stereocenters. The van der Waals surface area contributed by atoms with Crippen molar-refractivity contribution in [2.75, 3.05) is 10.2 Å². The van der Waals surface area contributed by atoms with Gasteiger partial charge >= 0.3 is 18.2 Å². The Kier molecular flexibility index (Phi) is 9.96. The van der Waals surface area contributed by atoms with Gasteiger partial charge in [0.05, 0.1) is 16.9 Å². The smallest absolute Gasteiger partial charge is 0.424 e. The molecule has 0 aliphatic rings. The van der Waals surface area contributed by atoms with E-state index in [1.54, 1.807) is 48.5 Å². The number of pyridine rings is 2. The van der Waals surface area contributed by atoms with E-state index in [1.165, 1.54) is 30.7 Å². The van der Waals surface area contributed by atoms with Crippen LogP contribution >= 0.6 is 11.6 Å². The van der Waals surface area contributed by atoms with Gasteiger partial charge in [-0.3, -0.25) is 14.6 Å². The molecule has 0 radical (unpaired) electrons. The molecular formula is C30H34ClFN4O7. The number of nitrogens with one attached hydrogen (secondary N) is 1. The predicted octanol–water partition coefficient (Wildman–Crippen LogP) is 7.27. The molecule has 13 heteroatoms. The minimum Gasteiger partial charge on any atom is -0.481 e. The van der Waals surface area contributed by atoms with Crippen LogP contribution in [-0.4, -0.2) is 50.3 Å². The Balaban J connectivity index is 2.09. The molecule has 3 aromatic rings. The summed E-state index contributed by atoms with van der Waals surface area (Å²) in [6.45, 7) is 11.5. The van der Waals surface area contributed by atoms with Crippen LogP contribution in [0.5, 0.6) is 0 Å².